The maximum Gasteiger partial charge on any atom is 0.303 e. The van der Waals surface area contributed by atoms with Crippen molar-refractivity contribution in [1.29, 1.82) is 0 Å². The first-order chi connectivity index (χ1) is 29.0. The van der Waals surface area contributed by atoms with Crippen molar-refractivity contribution in [3.05, 3.63) is 35.4 Å². The molecule has 4 heterocycles. The van der Waals surface area contributed by atoms with Crippen LogP contribution in [0.1, 0.15) is 150 Å². The first-order valence-electron chi connectivity index (χ1n) is 22.7. The Morgan fingerprint density at radius 3 is 1.33 bits per heavy atom. The molecule has 2 aliphatic carbocycles. The van der Waals surface area contributed by atoms with Crippen molar-refractivity contribution in [1.82, 2.24) is 19.8 Å². The lowest BCUT2D eigenvalue weighted by Gasteiger charge is -2.34. The van der Waals surface area contributed by atoms with Gasteiger partial charge in [0.25, 0.3) is 11.8 Å². The van der Waals surface area contributed by atoms with Gasteiger partial charge >= 0.3 is 11.9 Å². The van der Waals surface area contributed by atoms with Crippen molar-refractivity contribution in [3.8, 4) is 0 Å². The van der Waals surface area contributed by atoms with E-state index in [1.807, 2.05) is 48.2 Å². The van der Waals surface area contributed by atoms with E-state index < -0.39 is 11.9 Å². The SMILES string of the molecule is CCCSc1nc(N2CCC[C@@H](CC(=O)O)C2)ccc1C(=O)N(C)C1CCCCC1.CCCSc1nc(N2CCC[C@H](CC(=O)O)C2)ccc1C(=O)N(C)C1CCCCC1. The zero-order chi connectivity index (χ0) is 43.0. The fourth-order valence-electron chi connectivity index (χ4n) is 9.18. The van der Waals surface area contributed by atoms with E-state index in [9.17, 15) is 19.2 Å². The van der Waals surface area contributed by atoms with E-state index in [0.29, 0.717) is 36.3 Å². The first kappa shape index (κ1) is 47.5. The molecule has 2 aromatic heterocycles. The molecule has 0 aromatic carbocycles. The quantitative estimate of drug-likeness (QED) is 0.155. The molecule has 2 aliphatic heterocycles. The van der Waals surface area contributed by atoms with Gasteiger partial charge in [0.2, 0.25) is 0 Å². The number of carbonyl (C=O) groups is 4. The van der Waals surface area contributed by atoms with Gasteiger partial charge in [0.1, 0.15) is 21.7 Å². The summed E-state index contributed by atoms with van der Waals surface area (Å²) in [6.07, 6.45) is 18.0. The number of pyridine rings is 2. The smallest absolute Gasteiger partial charge is 0.303 e. The van der Waals surface area contributed by atoms with E-state index in [1.54, 1.807) is 23.5 Å². The second kappa shape index (κ2) is 24.2. The number of hydrogen-bond donors (Lipinski definition) is 2. The van der Waals surface area contributed by atoms with E-state index >= 15 is 0 Å². The molecule has 6 rings (SSSR count). The average molecular weight is 867 g/mol. The predicted octanol–water partition coefficient (Wildman–Crippen LogP) is 9.36. The molecule has 0 unspecified atom stereocenters. The first-order valence-corrected chi connectivity index (χ1v) is 24.7. The van der Waals surface area contributed by atoms with Crippen LogP contribution in [-0.2, 0) is 9.59 Å². The van der Waals surface area contributed by atoms with Gasteiger partial charge in [-0.3, -0.25) is 19.2 Å². The molecule has 0 bridgehead atoms. The summed E-state index contributed by atoms with van der Waals surface area (Å²) in [7, 11) is 3.86. The van der Waals surface area contributed by atoms with E-state index in [2.05, 4.69) is 23.6 Å². The Morgan fingerprint density at radius 1 is 0.600 bits per heavy atom. The van der Waals surface area contributed by atoms with Gasteiger partial charge in [-0.2, -0.15) is 0 Å². The topological polar surface area (TPSA) is 147 Å². The minimum Gasteiger partial charge on any atom is -0.481 e. The summed E-state index contributed by atoms with van der Waals surface area (Å²) in [5.74, 6) is 2.55. The summed E-state index contributed by atoms with van der Waals surface area (Å²) in [5, 5.41) is 19.9. The van der Waals surface area contributed by atoms with Crippen LogP contribution in [0, 0.1) is 11.8 Å². The average Bonchev–Trinajstić information content (AvgIpc) is 3.27. The van der Waals surface area contributed by atoms with Crippen LogP contribution in [0.4, 0.5) is 11.6 Å². The fourth-order valence-corrected chi connectivity index (χ4v) is 10.9. The normalized spacial score (nSPS) is 20.2. The molecule has 2 aromatic rings. The van der Waals surface area contributed by atoms with Gasteiger partial charge in [0.15, 0.2) is 0 Å². The summed E-state index contributed by atoms with van der Waals surface area (Å²) in [6, 6.07) is 8.41. The lowest BCUT2D eigenvalue weighted by Crippen LogP contribution is -2.39. The standard InChI is InChI=1S/2C23H35N3O3S/c2*1-3-14-30-22-19(23(29)25(2)18-9-5-4-6-10-18)11-12-20(24-22)26-13-7-8-17(16-26)15-21(27)28/h2*11-12,17-18H,3-10,13-16H2,1-2H3,(H,27,28)/t2*17-/m10/s1. The summed E-state index contributed by atoms with van der Waals surface area (Å²) >= 11 is 3.30. The van der Waals surface area contributed by atoms with E-state index in [1.165, 1.54) is 38.5 Å². The Balaban J connectivity index is 0.000000228. The number of amides is 2. The van der Waals surface area contributed by atoms with E-state index in [4.69, 9.17) is 20.2 Å². The molecule has 0 radical (unpaired) electrons. The second-order valence-corrected chi connectivity index (χ2v) is 19.4. The second-order valence-electron chi connectivity index (χ2n) is 17.3. The number of anilines is 2. The number of aromatic nitrogens is 2. The molecule has 2 atom stereocenters. The molecule has 2 saturated carbocycles. The summed E-state index contributed by atoms with van der Waals surface area (Å²) in [4.78, 5) is 66.8. The zero-order valence-corrected chi connectivity index (χ0v) is 38.2. The number of hydrogen-bond acceptors (Lipinski definition) is 10. The highest BCUT2D eigenvalue weighted by Gasteiger charge is 2.30. The molecular formula is C46H70N6O6S2. The van der Waals surface area contributed by atoms with E-state index in [-0.39, 0.29) is 36.5 Å². The highest BCUT2D eigenvalue weighted by atomic mass is 32.2. The zero-order valence-electron chi connectivity index (χ0n) is 36.6. The molecule has 12 nitrogen and oxygen atoms in total. The van der Waals surface area contributed by atoms with Crippen LogP contribution in [-0.4, -0.2) is 118 Å². The van der Waals surface area contributed by atoms with Crippen LogP contribution in [0.25, 0.3) is 0 Å². The van der Waals surface area contributed by atoms with Gasteiger partial charge in [0, 0.05) is 65.2 Å². The Bertz CT molecular complexity index is 1600. The number of carboxylic acid groups (broad SMARTS) is 2. The van der Waals surface area contributed by atoms with Crippen molar-refractivity contribution < 1.29 is 29.4 Å². The van der Waals surface area contributed by atoms with Crippen molar-refractivity contribution in [3.63, 3.8) is 0 Å². The van der Waals surface area contributed by atoms with Gasteiger partial charge in [-0.15, -0.1) is 23.5 Å². The highest BCUT2D eigenvalue weighted by molar-refractivity contribution is 7.99. The molecule has 2 saturated heterocycles. The van der Waals surface area contributed by atoms with E-state index in [0.717, 1.165) is 110 Å². The van der Waals surface area contributed by atoms with Gasteiger partial charge in [0.05, 0.1) is 11.1 Å². The van der Waals surface area contributed by atoms with Crippen molar-refractivity contribution in [2.75, 3.05) is 61.6 Å². The number of aliphatic carboxylic acids is 2. The summed E-state index contributed by atoms with van der Waals surface area (Å²) < 4.78 is 0. The van der Waals surface area contributed by atoms with Crippen LogP contribution in [0.2, 0.25) is 0 Å². The predicted molar refractivity (Wildman–Crippen MR) is 243 cm³/mol. The Labute approximate surface area is 367 Å². The number of thioether (sulfide) groups is 2. The third kappa shape index (κ3) is 13.7. The van der Waals surface area contributed by atoms with Gasteiger partial charge < -0.3 is 29.8 Å². The maximum absolute atomic E-state index is 13.3. The van der Waals surface area contributed by atoms with Crippen molar-refractivity contribution in [2.24, 2.45) is 11.8 Å². The molecule has 0 spiro atoms. The third-order valence-electron chi connectivity index (χ3n) is 12.5. The lowest BCUT2D eigenvalue weighted by atomic mass is 9.94. The molecule has 60 heavy (non-hydrogen) atoms. The summed E-state index contributed by atoms with van der Waals surface area (Å²) in [5.41, 5.74) is 1.40. The van der Waals surface area contributed by atoms with Crippen LogP contribution in [0.5, 0.6) is 0 Å². The van der Waals surface area contributed by atoms with Crippen molar-refractivity contribution in [2.45, 2.75) is 152 Å². The number of carboxylic acids is 2. The fraction of sp³-hybridized carbons (Fsp3) is 0.696. The lowest BCUT2D eigenvalue weighted by molar-refractivity contribution is -0.139. The molecule has 4 fully saturated rings. The Morgan fingerprint density at radius 2 is 0.983 bits per heavy atom. The van der Waals surface area contributed by atoms with Crippen LogP contribution < -0.4 is 9.80 Å². The van der Waals surface area contributed by atoms with Crippen LogP contribution >= 0.6 is 23.5 Å². The number of carbonyl (C=O) groups excluding carboxylic acids is 2. The Kier molecular flexibility index (Phi) is 19.2. The molecular weight excluding hydrogens is 797 g/mol. The van der Waals surface area contributed by atoms with Gasteiger partial charge in [-0.05, 0) is 112 Å². The Hall–Kier alpha value is -3.52. The van der Waals surface area contributed by atoms with Crippen molar-refractivity contribution >= 4 is 58.9 Å². The van der Waals surface area contributed by atoms with Crippen LogP contribution in [0.15, 0.2) is 34.3 Å². The monoisotopic (exact) mass is 866 g/mol. The van der Waals surface area contributed by atoms with Crippen LogP contribution in [0.3, 0.4) is 0 Å². The van der Waals surface area contributed by atoms with Gasteiger partial charge in [-0.1, -0.05) is 52.4 Å². The summed E-state index contributed by atoms with van der Waals surface area (Å²) in [6.45, 7) is 7.47. The molecule has 332 valence electrons. The molecule has 2 amide bonds. The molecule has 4 aliphatic rings. The molecule has 2 N–H and O–H groups in total. The minimum absolute atomic E-state index is 0.0713. The maximum atomic E-state index is 13.3. The van der Waals surface area contributed by atoms with Gasteiger partial charge in [-0.25, -0.2) is 9.97 Å². The number of rotatable bonds is 16. The minimum atomic E-state index is -0.735. The largest absolute Gasteiger partial charge is 0.481 e. The highest BCUT2D eigenvalue weighted by Crippen LogP contribution is 2.33. The number of nitrogens with zero attached hydrogens (tertiary/aromatic N) is 6. The molecule has 14 heteroatoms. The third-order valence-corrected chi connectivity index (χ3v) is 14.9. The number of piperidine rings is 2.